The molecule has 0 spiro atoms. The zero-order valence-corrected chi connectivity index (χ0v) is 26.1. The normalized spacial score (nSPS) is 10.7. The van der Waals surface area contributed by atoms with E-state index in [0.717, 1.165) is 34.5 Å². The molecule has 0 radical (unpaired) electrons. The highest BCUT2D eigenvalue weighted by molar-refractivity contribution is 14.1. The number of carboxylic acid groups (broad SMARTS) is 2. The lowest BCUT2D eigenvalue weighted by Crippen LogP contribution is -2.10. The van der Waals surface area contributed by atoms with E-state index >= 15 is 0 Å². The molecule has 4 rings (SSSR count). The lowest BCUT2D eigenvalue weighted by atomic mass is 10.1. The monoisotopic (exact) mass is 774 g/mol. The number of carbonyl (C=O) groups excluding carboxylic acids is 2. The standard InChI is InChI=1S/C16H18INO4.C12H10INO4/c1-3-21-14(19)8-7-12-11-6-5-10(17)9-13(11)18-15(12)16(20)22-4-2;13-6-1-2-7-8(3-4-10(15)16)11(12(17)18)14-9(7)5-6/h5-6,9,18H,3-4,7-8H2,1-2H3;1-2,5,14H,3-4H2,(H,15,16)(H,17,18). The Kier molecular flexibility index (Phi) is 11.4. The minimum absolute atomic E-state index is 0.0771. The van der Waals surface area contributed by atoms with Gasteiger partial charge < -0.3 is 29.7 Å². The van der Waals surface area contributed by atoms with E-state index in [1.165, 1.54) is 0 Å². The van der Waals surface area contributed by atoms with Crippen molar-refractivity contribution in [2.24, 2.45) is 0 Å². The van der Waals surface area contributed by atoms with E-state index in [2.05, 4.69) is 55.1 Å². The molecule has 0 bridgehead atoms. The minimum atomic E-state index is -1.07. The summed E-state index contributed by atoms with van der Waals surface area (Å²) in [5, 5.41) is 19.5. The third kappa shape index (κ3) is 7.96. The van der Waals surface area contributed by atoms with E-state index in [1.54, 1.807) is 13.8 Å². The molecule has 0 unspecified atom stereocenters. The topological polar surface area (TPSA) is 159 Å². The number of aromatic amines is 2. The third-order valence-electron chi connectivity index (χ3n) is 5.90. The van der Waals surface area contributed by atoms with Gasteiger partial charge >= 0.3 is 23.9 Å². The Labute approximate surface area is 257 Å². The molecule has 2 aromatic heterocycles. The maximum Gasteiger partial charge on any atom is 0.355 e. The van der Waals surface area contributed by atoms with Gasteiger partial charge in [0.15, 0.2) is 0 Å². The Morgan fingerprint density at radius 1 is 0.750 bits per heavy atom. The fourth-order valence-electron chi connectivity index (χ4n) is 4.23. The predicted octanol–water partition coefficient (Wildman–Crippen LogP) is 5.93. The molecule has 0 amide bonds. The van der Waals surface area contributed by atoms with Crippen LogP contribution in [-0.2, 0) is 31.9 Å². The van der Waals surface area contributed by atoms with Gasteiger partial charge in [0.25, 0.3) is 0 Å². The van der Waals surface area contributed by atoms with Crippen molar-refractivity contribution in [1.82, 2.24) is 9.97 Å². The van der Waals surface area contributed by atoms with Crippen LogP contribution in [0.2, 0.25) is 0 Å². The SMILES string of the molecule is CCOC(=O)CCc1c(C(=O)OCC)[nH]c2cc(I)ccc12.O=C(O)CCc1c(C(=O)O)[nH]c2cc(I)ccc12. The van der Waals surface area contributed by atoms with E-state index in [4.69, 9.17) is 19.7 Å². The number of aliphatic carboxylic acids is 1. The Bertz CT molecular complexity index is 1560. The van der Waals surface area contributed by atoms with Crippen LogP contribution in [0.4, 0.5) is 0 Å². The number of fused-ring (bicyclic) bond motifs is 2. The second-order valence-corrected chi connectivity index (χ2v) is 11.1. The zero-order chi connectivity index (χ0) is 29.4. The molecule has 0 aliphatic heterocycles. The van der Waals surface area contributed by atoms with Gasteiger partial charge in [0.05, 0.1) is 13.2 Å². The van der Waals surface area contributed by atoms with Crippen molar-refractivity contribution >= 4 is 90.9 Å². The van der Waals surface area contributed by atoms with Gasteiger partial charge in [0.2, 0.25) is 0 Å². The van der Waals surface area contributed by atoms with Gasteiger partial charge in [-0.1, -0.05) is 12.1 Å². The molecule has 4 aromatic rings. The molecule has 0 aliphatic rings. The van der Waals surface area contributed by atoms with Crippen LogP contribution in [0.25, 0.3) is 21.8 Å². The highest BCUT2D eigenvalue weighted by Crippen LogP contribution is 2.27. The van der Waals surface area contributed by atoms with Crippen LogP contribution in [0.15, 0.2) is 36.4 Å². The predicted molar refractivity (Wildman–Crippen MR) is 166 cm³/mol. The van der Waals surface area contributed by atoms with Crippen molar-refractivity contribution in [3.8, 4) is 0 Å². The summed E-state index contributed by atoms with van der Waals surface area (Å²) in [5.41, 5.74) is 3.44. The van der Waals surface area contributed by atoms with E-state index in [-0.39, 0.29) is 30.9 Å². The van der Waals surface area contributed by atoms with Gasteiger partial charge in [0.1, 0.15) is 11.4 Å². The number of halogens is 2. The van der Waals surface area contributed by atoms with E-state index < -0.39 is 17.9 Å². The van der Waals surface area contributed by atoms with Crippen molar-refractivity contribution < 1.29 is 38.9 Å². The molecule has 2 heterocycles. The zero-order valence-electron chi connectivity index (χ0n) is 21.8. The number of hydrogen-bond acceptors (Lipinski definition) is 6. The van der Waals surface area contributed by atoms with Crippen LogP contribution in [0.3, 0.4) is 0 Å². The summed E-state index contributed by atoms with van der Waals surface area (Å²) in [6.45, 7) is 4.20. The van der Waals surface area contributed by atoms with Crippen molar-refractivity contribution in [2.75, 3.05) is 13.2 Å². The fraction of sp³-hybridized carbons (Fsp3) is 0.286. The number of H-pyrrole nitrogens is 2. The van der Waals surface area contributed by atoms with Crippen molar-refractivity contribution in [3.63, 3.8) is 0 Å². The number of aromatic carboxylic acids is 1. The summed E-state index contributed by atoms with van der Waals surface area (Å²) in [7, 11) is 0. The van der Waals surface area contributed by atoms with Crippen molar-refractivity contribution in [2.45, 2.75) is 39.5 Å². The maximum absolute atomic E-state index is 12.1. The van der Waals surface area contributed by atoms with E-state index in [1.807, 2.05) is 36.4 Å². The van der Waals surface area contributed by atoms with Gasteiger partial charge in [0, 0.05) is 41.8 Å². The van der Waals surface area contributed by atoms with Gasteiger partial charge in [-0.15, -0.1) is 0 Å². The fourth-order valence-corrected chi connectivity index (χ4v) is 5.21. The molecule has 40 heavy (non-hydrogen) atoms. The number of carbonyl (C=O) groups is 4. The van der Waals surface area contributed by atoms with Crippen LogP contribution >= 0.6 is 45.2 Å². The maximum atomic E-state index is 12.1. The van der Waals surface area contributed by atoms with Gasteiger partial charge in [-0.25, -0.2) is 9.59 Å². The highest BCUT2D eigenvalue weighted by atomic mass is 127. The molecule has 0 aliphatic carbocycles. The first-order valence-corrected chi connectivity index (χ1v) is 14.6. The third-order valence-corrected chi connectivity index (χ3v) is 7.25. The quantitative estimate of drug-likeness (QED) is 0.114. The van der Waals surface area contributed by atoms with Gasteiger partial charge in [-0.05, 0) is 107 Å². The largest absolute Gasteiger partial charge is 0.481 e. The van der Waals surface area contributed by atoms with Crippen LogP contribution in [0, 0.1) is 7.14 Å². The average molecular weight is 774 g/mol. The lowest BCUT2D eigenvalue weighted by Gasteiger charge is -2.05. The first-order valence-electron chi connectivity index (χ1n) is 12.4. The molecular weight excluding hydrogens is 746 g/mol. The molecule has 0 saturated carbocycles. The van der Waals surface area contributed by atoms with Crippen LogP contribution in [0.1, 0.15) is 58.8 Å². The summed E-state index contributed by atoms with van der Waals surface area (Å²) in [5.74, 6) is -2.67. The first-order chi connectivity index (χ1) is 19.0. The number of aryl methyl sites for hydroxylation is 2. The number of hydrogen-bond donors (Lipinski definition) is 4. The average Bonchev–Trinajstić information content (AvgIpc) is 3.44. The molecule has 12 heteroatoms. The van der Waals surface area contributed by atoms with Gasteiger partial charge in [-0.2, -0.15) is 0 Å². The molecule has 0 saturated heterocycles. The number of aromatic nitrogens is 2. The van der Waals surface area contributed by atoms with Crippen LogP contribution in [-0.4, -0.2) is 57.3 Å². The molecule has 0 fully saturated rings. The summed E-state index contributed by atoms with van der Waals surface area (Å²) in [6, 6.07) is 11.4. The molecule has 2 aromatic carbocycles. The molecule has 0 atom stereocenters. The Hall–Kier alpha value is -3.14. The number of nitrogens with one attached hydrogen (secondary N) is 2. The summed E-state index contributed by atoms with van der Waals surface area (Å²) < 4.78 is 12.1. The first kappa shape index (κ1) is 31.4. The second kappa shape index (κ2) is 14.5. The molecule has 10 nitrogen and oxygen atoms in total. The Morgan fingerprint density at radius 2 is 1.25 bits per heavy atom. The van der Waals surface area contributed by atoms with E-state index in [0.29, 0.717) is 30.9 Å². The van der Waals surface area contributed by atoms with Crippen LogP contribution in [0.5, 0.6) is 0 Å². The summed E-state index contributed by atoms with van der Waals surface area (Å²) in [6.07, 6.45) is 0.795. The Morgan fingerprint density at radius 3 is 1.75 bits per heavy atom. The number of rotatable bonds is 10. The molecular formula is C28H28I2N2O8. The van der Waals surface area contributed by atoms with Crippen LogP contribution < -0.4 is 0 Å². The molecule has 4 N–H and O–H groups in total. The number of carboxylic acids is 2. The summed E-state index contributed by atoms with van der Waals surface area (Å²) in [4.78, 5) is 51.4. The second-order valence-electron chi connectivity index (χ2n) is 8.56. The smallest absolute Gasteiger partial charge is 0.355 e. The summed E-state index contributed by atoms with van der Waals surface area (Å²) >= 11 is 4.35. The minimum Gasteiger partial charge on any atom is -0.481 e. The number of esters is 2. The lowest BCUT2D eigenvalue weighted by molar-refractivity contribution is -0.143. The number of benzene rings is 2. The highest BCUT2D eigenvalue weighted by Gasteiger charge is 2.20. The van der Waals surface area contributed by atoms with Gasteiger partial charge in [-0.3, -0.25) is 9.59 Å². The van der Waals surface area contributed by atoms with E-state index in [9.17, 15) is 19.2 Å². The van der Waals surface area contributed by atoms with Crippen molar-refractivity contribution in [3.05, 3.63) is 66.1 Å². The Balaban J connectivity index is 0.000000225. The molecule has 212 valence electrons. The van der Waals surface area contributed by atoms with Crippen molar-refractivity contribution in [1.29, 1.82) is 0 Å². The number of ether oxygens (including phenoxy) is 2.